The molecular weight excluding hydrogens is 384 g/mol. The van der Waals surface area contributed by atoms with E-state index in [2.05, 4.69) is 30.4 Å². The van der Waals surface area contributed by atoms with E-state index in [1.807, 2.05) is 22.8 Å². The molecule has 4 rings (SSSR count). The highest BCUT2D eigenvalue weighted by atomic mass is 35.5. The lowest BCUT2D eigenvalue weighted by molar-refractivity contribution is 0.867. The second kappa shape index (κ2) is 7.49. The van der Waals surface area contributed by atoms with E-state index in [0.717, 1.165) is 5.69 Å². The molecular formula is C17H9ClN8S. The van der Waals surface area contributed by atoms with Gasteiger partial charge in [0.25, 0.3) is 0 Å². The number of rotatable bonds is 4. The lowest BCUT2D eigenvalue weighted by atomic mass is 10.3. The average molecular weight is 393 g/mol. The first-order valence-electron chi connectivity index (χ1n) is 7.64. The van der Waals surface area contributed by atoms with E-state index >= 15 is 0 Å². The van der Waals surface area contributed by atoms with E-state index in [4.69, 9.17) is 16.9 Å². The van der Waals surface area contributed by atoms with Crippen molar-refractivity contribution in [2.75, 3.05) is 0 Å². The van der Waals surface area contributed by atoms with Crippen LogP contribution >= 0.6 is 23.4 Å². The maximum Gasteiger partial charge on any atom is 0.202 e. The van der Waals surface area contributed by atoms with Crippen LogP contribution in [0.4, 0.5) is 0 Å². The SMILES string of the molecule is N#Cc1ccc(Sc2nnc(-c3cnccn3)n2-c2ccc(Cl)cc2)nn1. The Kier molecular flexibility index (Phi) is 4.74. The first kappa shape index (κ1) is 17.1. The van der Waals surface area contributed by atoms with Crippen LogP contribution in [0.25, 0.3) is 17.2 Å². The zero-order chi connectivity index (χ0) is 18.6. The fourth-order valence-corrected chi connectivity index (χ4v) is 3.16. The Morgan fingerprint density at radius 3 is 2.48 bits per heavy atom. The molecule has 3 aromatic heterocycles. The number of nitriles is 1. The Morgan fingerprint density at radius 1 is 0.963 bits per heavy atom. The third-order valence-electron chi connectivity index (χ3n) is 3.46. The van der Waals surface area contributed by atoms with Crippen LogP contribution in [-0.2, 0) is 0 Å². The molecule has 27 heavy (non-hydrogen) atoms. The summed E-state index contributed by atoms with van der Waals surface area (Å²) in [6.07, 6.45) is 4.80. The zero-order valence-electron chi connectivity index (χ0n) is 13.6. The summed E-state index contributed by atoms with van der Waals surface area (Å²) < 4.78 is 1.84. The fraction of sp³-hybridized carbons (Fsp3) is 0. The van der Waals surface area contributed by atoms with Crippen molar-refractivity contribution in [2.45, 2.75) is 10.2 Å². The molecule has 0 amide bonds. The lowest BCUT2D eigenvalue weighted by Gasteiger charge is -2.09. The Hall–Kier alpha value is -3.35. The molecule has 0 saturated carbocycles. The van der Waals surface area contributed by atoms with E-state index in [-0.39, 0.29) is 5.69 Å². The zero-order valence-corrected chi connectivity index (χ0v) is 15.1. The van der Waals surface area contributed by atoms with Crippen molar-refractivity contribution in [3.05, 3.63) is 65.7 Å². The summed E-state index contributed by atoms with van der Waals surface area (Å²) in [4.78, 5) is 8.41. The summed E-state index contributed by atoms with van der Waals surface area (Å²) >= 11 is 7.29. The lowest BCUT2D eigenvalue weighted by Crippen LogP contribution is -2.01. The molecule has 0 bridgehead atoms. The minimum atomic E-state index is 0.249. The van der Waals surface area contributed by atoms with Crippen LogP contribution in [0.15, 0.2) is 65.2 Å². The van der Waals surface area contributed by atoms with Crippen LogP contribution in [0.2, 0.25) is 5.02 Å². The van der Waals surface area contributed by atoms with Gasteiger partial charge in [0.15, 0.2) is 11.5 Å². The van der Waals surface area contributed by atoms with Gasteiger partial charge in [-0.3, -0.25) is 9.55 Å². The van der Waals surface area contributed by atoms with Crippen molar-refractivity contribution in [3.8, 4) is 23.3 Å². The van der Waals surface area contributed by atoms with Crippen LogP contribution in [0.5, 0.6) is 0 Å². The molecule has 4 aromatic rings. The first-order chi connectivity index (χ1) is 13.2. The first-order valence-corrected chi connectivity index (χ1v) is 8.83. The van der Waals surface area contributed by atoms with Gasteiger partial charge in [0.1, 0.15) is 16.8 Å². The summed E-state index contributed by atoms with van der Waals surface area (Å²) in [5, 5.41) is 27.1. The third-order valence-corrected chi connectivity index (χ3v) is 4.59. The van der Waals surface area contributed by atoms with Gasteiger partial charge in [0, 0.05) is 23.1 Å². The summed E-state index contributed by atoms with van der Waals surface area (Å²) in [6, 6.07) is 12.5. The number of benzene rings is 1. The van der Waals surface area contributed by atoms with Gasteiger partial charge < -0.3 is 0 Å². The van der Waals surface area contributed by atoms with Crippen LogP contribution < -0.4 is 0 Å². The molecule has 0 spiro atoms. The highest BCUT2D eigenvalue weighted by molar-refractivity contribution is 7.99. The van der Waals surface area contributed by atoms with Gasteiger partial charge in [-0.05, 0) is 48.2 Å². The Bertz CT molecular complexity index is 1100. The standard InChI is InChI=1S/C17H9ClN8S/c18-11-1-4-13(5-2-11)26-16(14-10-20-7-8-21-14)24-25-17(26)27-15-6-3-12(9-19)22-23-15/h1-8,10H. The molecule has 0 unspecified atom stereocenters. The largest absolute Gasteiger partial charge is 0.268 e. The number of aromatic nitrogens is 7. The maximum atomic E-state index is 8.85. The van der Waals surface area contributed by atoms with Crippen LogP contribution in [0.1, 0.15) is 5.69 Å². The molecule has 10 heteroatoms. The molecule has 0 aliphatic carbocycles. The average Bonchev–Trinajstić information content (AvgIpc) is 3.13. The molecule has 0 radical (unpaired) electrons. The maximum absolute atomic E-state index is 8.85. The van der Waals surface area contributed by atoms with E-state index in [1.165, 1.54) is 11.8 Å². The normalized spacial score (nSPS) is 10.5. The third kappa shape index (κ3) is 3.62. The van der Waals surface area contributed by atoms with Crippen LogP contribution in [0, 0.1) is 11.3 Å². The van der Waals surface area contributed by atoms with Gasteiger partial charge in [0.05, 0.1) is 6.20 Å². The number of halogens is 1. The van der Waals surface area contributed by atoms with Crippen molar-refractivity contribution in [3.63, 3.8) is 0 Å². The number of hydrogen-bond acceptors (Lipinski definition) is 8. The molecule has 0 saturated heterocycles. The monoisotopic (exact) mass is 392 g/mol. The smallest absolute Gasteiger partial charge is 0.202 e. The van der Waals surface area contributed by atoms with E-state index in [0.29, 0.717) is 26.7 Å². The molecule has 0 aliphatic heterocycles. The van der Waals surface area contributed by atoms with Gasteiger partial charge >= 0.3 is 0 Å². The molecule has 130 valence electrons. The highest BCUT2D eigenvalue weighted by Gasteiger charge is 2.18. The molecule has 1 aromatic carbocycles. The molecule has 3 heterocycles. The van der Waals surface area contributed by atoms with Crippen LogP contribution in [0.3, 0.4) is 0 Å². The van der Waals surface area contributed by atoms with E-state index < -0.39 is 0 Å². The van der Waals surface area contributed by atoms with Gasteiger partial charge in [-0.25, -0.2) is 4.98 Å². The molecule has 0 aliphatic rings. The van der Waals surface area contributed by atoms with E-state index in [9.17, 15) is 0 Å². The van der Waals surface area contributed by atoms with Crippen molar-refractivity contribution >= 4 is 23.4 Å². The Balaban J connectivity index is 1.80. The van der Waals surface area contributed by atoms with Gasteiger partial charge in [-0.2, -0.15) is 5.26 Å². The quantitative estimate of drug-likeness (QED) is 0.521. The summed E-state index contributed by atoms with van der Waals surface area (Å²) in [5.74, 6) is 0.537. The minimum Gasteiger partial charge on any atom is -0.268 e. The van der Waals surface area contributed by atoms with Crippen LogP contribution in [-0.4, -0.2) is 34.9 Å². The van der Waals surface area contributed by atoms with Gasteiger partial charge in [-0.15, -0.1) is 20.4 Å². The summed E-state index contributed by atoms with van der Waals surface area (Å²) in [6.45, 7) is 0. The second-order valence-electron chi connectivity index (χ2n) is 5.18. The number of hydrogen-bond donors (Lipinski definition) is 0. The highest BCUT2D eigenvalue weighted by Crippen LogP contribution is 2.30. The molecule has 8 nitrogen and oxygen atoms in total. The topological polar surface area (TPSA) is 106 Å². The summed E-state index contributed by atoms with van der Waals surface area (Å²) in [5.41, 5.74) is 1.64. The molecule has 0 N–H and O–H groups in total. The summed E-state index contributed by atoms with van der Waals surface area (Å²) in [7, 11) is 0. The van der Waals surface area contributed by atoms with Crippen molar-refractivity contribution in [1.82, 2.24) is 34.9 Å². The Morgan fingerprint density at radius 2 is 1.81 bits per heavy atom. The second-order valence-corrected chi connectivity index (χ2v) is 6.60. The van der Waals surface area contributed by atoms with Gasteiger partial charge in [-0.1, -0.05) is 11.6 Å². The fourth-order valence-electron chi connectivity index (χ4n) is 2.27. The number of nitrogens with zero attached hydrogens (tertiary/aromatic N) is 8. The van der Waals surface area contributed by atoms with E-state index in [1.54, 1.807) is 42.9 Å². The predicted octanol–water partition coefficient (Wildman–Crippen LogP) is 3.19. The van der Waals surface area contributed by atoms with Crippen molar-refractivity contribution in [1.29, 1.82) is 5.26 Å². The minimum absolute atomic E-state index is 0.249. The molecule has 0 atom stereocenters. The molecule has 0 fully saturated rings. The van der Waals surface area contributed by atoms with Gasteiger partial charge in [0.2, 0.25) is 5.16 Å². The Labute approximate surface area is 162 Å². The van der Waals surface area contributed by atoms with Crippen molar-refractivity contribution in [2.24, 2.45) is 0 Å². The predicted molar refractivity (Wildman–Crippen MR) is 98.3 cm³/mol. The van der Waals surface area contributed by atoms with Crippen molar-refractivity contribution < 1.29 is 0 Å².